The van der Waals surface area contributed by atoms with Crippen molar-refractivity contribution in [1.29, 1.82) is 0 Å². The highest BCUT2D eigenvalue weighted by atomic mass is 35.5. The summed E-state index contributed by atoms with van der Waals surface area (Å²) < 4.78 is 6.99. The van der Waals surface area contributed by atoms with Crippen LogP contribution in [0, 0.1) is 0 Å². The summed E-state index contributed by atoms with van der Waals surface area (Å²) in [6, 6.07) is 11.4. The Morgan fingerprint density at radius 2 is 1.91 bits per heavy atom. The number of carbonyl (C=O) groups is 1. The van der Waals surface area contributed by atoms with Crippen LogP contribution >= 0.6 is 11.6 Å². The Bertz CT molecular complexity index is 1310. The molecule has 1 saturated carbocycles. The van der Waals surface area contributed by atoms with Crippen molar-refractivity contribution < 1.29 is 9.21 Å². The summed E-state index contributed by atoms with van der Waals surface area (Å²) in [7, 11) is 0. The number of rotatable bonds is 7. The van der Waals surface area contributed by atoms with E-state index in [2.05, 4.69) is 29.6 Å². The summed E-state index contributed by atoms with van der Waals surface area (Å²) in [4.78, 5) is 22.1. The first-order chi connectivity index (χ1) is 17.0. The van der Waals surface area contributed by atoms with Gasteiger partial charge >= 0.3 is 0 Å². The van der Waals surface area contributed by atoms with Gasteiger partial charge in [-0.05, 0) is 56.4 Å². The lowest BCUT2D eigenvalue weighted by atomic mass is 9.91. The maximum atomic E-state index is 12.3. The van der Waals surface area contributed by atoms with Gasteiger partial charge in [0.15, 0.2) is 11.4 Å². The average Bonchev–Trinajstić information content (AvgIpc) is 3.56. The Balaban J connectivity index is 1.36. The molecule has 9 heteroatoms. The number of fused-ring (bicyclic) bond motifs is 1. The van der Waals surface area contributed by atoms with Crippen LogP contribution in [0.3, 0.4) is 0 Å². The number of anilines is 1. The molecular weight excluding hydrogens is 464 g/mol. The van der Waals surface area contributed by atoms with Gasteiger partial charge in [-0.1, -0.05) is 37.6 Å². The summed E-state index contributed by atoms with van der Waals surface area (Å²) in [5.41, 5.74) is 1.53. The van der Waals surface area contributed by atoms with E-state index in [4.69, 9.17) is 26.0 Å². The number of amides is 1. The van der Waals surface area contributed by atoms with Crippen LogP contribution in [0.25, 0.3) is 16.7 Å². The molecule has 5 rings (SSSR count). The number of hydrogen-bond donors (Lipinski definition) is 2. The molecule has 0 spiro atoms. The second-order valence-corrected chi connectivity index (χ2v) is 9.54. The molecule has 3 aromatic heterocycles. The summed E-state index contributed by atoms with van der Waals surface area (Å²) in [6.07, 6.45) is 7.87. The van der Waals surface area contributed by atoms with Gasteiger partial charge in [-0.2, -0.15) is 5.10 Å². The van der Waals surface area contributed by atoms with Crippen molar-refractivity contribution in [2.75, 3.05) is 5.32 Å². The van der Waals surface area contributed by atoms with Gasteiger partial charge in [0.1, 0.15) is 11.6 Å². The van der Waals surface area contributed by atoms with E-state index in [0.717, 1.165) is 60.5 Å². The van der Waals surface area contributed by atoms with E-state index in [9.17, 15) is 4.79 Å². The van der Waals surface area contributed by atoms with Gasteiger partial charge in [-0.3, -0.25) is 4.79 Å². The van der Waals surface area contributed by atoms with Crippen LogP contribution in [0.5, 0.6) is 0 Å². The molecule has 1 unspecified atom stereocenters. The molecule has 8 nitrogen and oxygen atoms in total. The van der Waals surface area contributed by atoms with Crippen LogP contribution in [0.4, 0.5) is 5.82 Å². The fourth-order valence-corrected chi connectivity index (χ4v) is 4.69. The Kier molecular flexibility index (Phi) is 6.72. The first-order valence-corrected chi connectivity index (χ1v) is 12.5. The van der Waals surface area contributed by atoms with Crippen LogP contribution < -0.4 is 10.6 Å². The monoisotopic (exact) mass is 492 g/mol. The van der Waals surface area contributed by atoms with Crippen LogP contribution in [0.2, 0.25) is 5.02 Å². The molecule has 1 fully saturated rings. The Morgan fingerprint density at radius 3 is 2.63 bits per heavy atom. The Labute approximate surface area is 209 Å². The van der Waals surface area contributed by atoms with Crippen LogP contribution in [-0.4, -0.2) is 37.7 Å². The zero-order valence-electron chi connectivity index (χ0n) is 19.9. The lowest BCUT2D eigenvalue weighted by Crippen LogP contribution is -2.40. The van der Waals surface area contributed by atoms with Crippen molar-refractivity contribution >= 4 is 34.4 Å². The second kappa shape index (κ2) is 10.1. The molecule has 1 aromatic carbocycles. The smallest absolute Gasteiger partial charge is 0.287 e. The molecule has 3 heterocycles. The average molecular weight is 493 g/mol. The van der Waals surface area contributed by atoms with E-state index in [1.165, 1.54) is 6.26 Å². The number of aromatic nitrogens is 4. The van der Waals surface area contributed by atoms with Crippen molar-refractivity contribution in [3.05, 3.63) is 65.5 Å². The van der Waals surface area contributed by atoms with Crippen LogP contribution in [0.1, 0.15) is 68.2 Å². The Morgan fingerprint density at radius 1 is 1.14 bits per heavy atom. The number of nitrogens with zero attached hydrogens (tertiary/aromatic N) is 4. The highest BCUT2D eigenvalue weighted by Crippen LogP contribution is 2.30. The minimum Gasteiger partial charge on any atom is -0.459 e. The molecule has 0 aliphatic heterocycles. The summed E-state index contributed by atoms with van der Waals surface area (Å²) >= 11 is 6.47. The van der Waals surface area contributed by atoms with E-state index >= 15 is 0 Å². The number of hydrogen-bond acceptors (Lipinski definition) is 6. The van der Waals surface area contributed by atoms with Crippen LogP contribution in [-0.2, 0) is 0 Å². The molecule has 182 valence electrons. The predicted octanol–water partition coefficient (Wildman–Crippen LogP) is 5.73. The quantitative estimate of drug-likeness (QED) is 0.342. The van der Waals surface area contributed by atoms with Gasteiger partial charge in [0.25, 0.3) is 5.91 Å². The van der Waals surface area contributed by atoms with Gasteiger partial charge < -0.3 is 15.1 Å². The normalized spacial score (nSPS) is 18.9. The van der Waals surface area contributed by atoms with E-state index in [1.54, 1.807) is 23.0 Å². The molecule has 4 aromatic rings. The number of furan rings is 1. The minimum atomic E-state index is -0.158. The van der Waals surface area contributed by atoms with E-state index in [1.807, 2.05) is 24.3 Å². The molecule has 35 heavy (non-hydrogen) atoms. The lowest BCUT2D eigenvalue weighted by molar-refractivity contribution is 0.0898. The van der Waals surface area contributed by atoms with Crippen molar-refractivity contribution in [3.8, 4) is 5.69 Å². The molecule has 1 atom stereocenters. The zero-order valence-corrected chi connectivity index (χ0v) is 20.6. The largest absolute Gasteiger partial charge is 0.459 e. The molecule has 0 saturated heterocycles. The molecule has 0 bridgehead atoms. The number of benzene rings is 1. The summed E-state index contributed by atoms with van der Waals surface area (Å²) in [5.74, 6) is 1.99. The standard InChI is InChI=1S/C26H29ClN6O2/c1-3-16(2)23-31-24(19-15-28-33(25(19)32-23)21-8-5-4-7-20(21)27)29-17-10-12-18(13-11-17)30-26(34)22-9-6-14-35-22/h4-9,14-18H,3,10-13H2,1-2H3,(H,30,34)(H,29,31,32). The molecule has 0 radical (unpaired) electrons. The SMILES string of the molecule is CCC(C)c1nc(NC2CCC(NC(=O)c3ccco3)CC2)c2cnn(-c3ccccc3Cl)c2n1. The fourth-order valence-electron chi connectivity index (χ4n) is 4.48. The highest BCUT2D eigenvalue weighted by molar-refractivity contribution is 6.32. The van der Waals surface area contributed by atoms with Crippen molar-refractivity contribution in [1.82, 2.24) is 25.1 Å². The number of nitrogens with one attached hydrogen (secondary N) is 2. The molecule has 1 amide bonds. The lowest BCUT2D eigenvalue weighted by Gasteiger charge is -2.30. The van der Waals surface area contributed by atoms with Gasteiger partial charge in [-0.25, -0.2) is 14.6 Å². The maximum absolute atomic E-state index is 12.3. The zero-order chi connectivity index (χ0) is 24.4. The molecular formula is C26H29ClN6O2. The maximum Gasteiger partial charge on any atom is 0.287 e. The Hall–Kier alpha value is -3.39. The summed E-state index contributed by atoms with van der Waals surface area (Å²) in [5, 5.41) is 12.8. The van der Waals surface area contributed by atoms with Crippen molar-refractivity contribution in [2.24, 2.45) is 0 Å². The highest BCUT2D eigenvalue weighted by Gasteiger charge is 2.25. The van der Waals surface area contributed by atoms with Crippen molar-refractivity contribution in [3.63, 3.8) is 0 Å². The van der Waals surface area contributed by atoms with Crippen molar-refractivity contribution in [2.45, 2.75) is 64.0 Å². The molecule has 2 N–H and O–H groups in total. The van der Waals surface area contributed by atoms with Gasteiger partial charge in [0.05, 0.1) is 28.6 Å². The minimum absolute atomic E-state index is 0.134. The molecule has 1 aliphatic carbocycles. The third-order valence-corrected chi connectivity index (χ3v) is 7.05. The van der Waals surface area contributed by atoms with Gasteiger partial charge in [0, 0.05) is 18.0 Å². The van der Waals surface area contributed by atoms with Gasteiger partial charge in [-0.15, -0.1) is 0 Å². The predicted molar refractivity (Wildman–Crippen MR) is 136 cm³/mol. The van der Waals surface area contributed by atoms with E-state index in [0.29, 0.717) is 10.8 Å². The van der Waals surface area contributed by atoms with E-state index in [-0.39, 0.29) is 23.9 Å². The first kappa shape index (κ1) is 23.4. The van der Waals surface area contributed by atoms with Gasteiger partial charge in [0.2, 0.25) is 0 Å². The third kappa shape index (κ3) is 4.89. The van der Waals surface area contributed by atoms with E-state index < -0.39 is 0 Å². The van der Waals surface area contributed by atoms with Crippen LogP contribution in [0.15, 0.2) is 53.3 Å². The summed E-state index contributed by atoms with van der Waals surface area (Å²) in [6.45, 7) is 4.27. The number of para-hydroxylation sites is 1. The topological polar surface area (TPSA) is 97.9 Å². The molecule has 1 aliphatic rings. The fraction of sp³-hybridized carbons (Fsp3) is 0.385. The number of halogens is 1. The number of carbonyl (C=O) groups excluding carboxylic acids is 1. The first-order valence-electron chi connectivity index (χ1n) is 12.1. The second-order valence-electron chi connectivity index (χ2n) is 9.13. The third-order valence-electron chi connectivity index (χ3n) is 6.73.